The highest BCUT2D eigenvalue weighted by Gasteiger charge is 2.14. The molecule has 4 heteroatoms. The molecule has 0 spiro atoms. The smallest absolute Gasteiger partial charge is 0.250 e. The Balaban J connectivity index is 1.74. The molecule has 1 heterocycles. The molecule has 0 amide bonds. The fraction of sp³-hybridized carbons (Fsp3) is 0.615. The third-order valence-corrected chi connectivity index (χ3v) is 3.31. The molecule has 0 bridgehead atoms. The van der Waals surface area contributed by atoms with E-state index in [9.17, 15) is 4.79 Å². The van der Waals surface area contributed by atoms with E-state index in [0.29, 0.717) is 18.8 Å². The fourth-order valence-corrected chi connectivity index (χ4v) is 2.31. The third kappa shape index (κ3) is 3.60. The highest BCUT2D eigenvalue weighted by atomic mass is 16.5. The zero-order valence-corrected chi connectivity index (χ0v) is 10.1. The molecular formula is C13H20N2O2. The van der Waals surface area contributed by atoms with Crippen LogP contribution in [0.5, 0.6) is 0 Å². The summed E-state index contributed by atoms with van der Waals surface area (Å²) in [6, 6.07) is 3.12. The van der Waals surface area contributed by atoms with E-state index in [-0.39, 0.29) is 5.56 Å². The van der Waals surface area contributed by atoms with Gasteiger partial charge < -0.3 is 15.0 Å². The molecule has 17 heavy (non-hydrogen) atoms. The number of nitrogens with two attached hydrogens (primary N) is 1. The minimum absolute atomic E-state index is 0.0244. The van der Waals surface area contributed by atoms with Crippen LogP contribution in [0.2, 0.25) is 0 Å². The van der Waals surface area contributed by atoms with Crippen LogP contribution in [0, 0.1) is 5.92 Å². The lowest BCUT2D eigenvalue weighted by atomic mass is 10.1. The molecule has 1 aliphatic carbocycles. The predicted octanol–water partition coefficient (Wildman–Crippen LogP) is 1.64. The van der Waals surface area contributed by atoms with Crippen LogP contribution in [0.15, 0.2) is 23.1 Å². The van der Waals surface area contributed by atoms with Gasteiger partial charge in [-0.3, -0.25) is 4.79 Å². The molecule has 0 aromatic carbocycles. The van der Waals surface area contributed by atoms with Gasteiger partial charge >= 0.3 is 0 Å². The number of aromatic nitrogens is 1. The summed E-state index contributed by atoms with van der Waals surface area (Å²) in [5, 5.41) is 0. The lowest BCUT2D eigenvalue weighted by Crippen LogP contribution is -2.22. The highest BCUT2D eigenvalue weighted by Crippen LogP contribution is 2.24. The van der Waals surface area contributed by atoms with Gasteiger partial charge in [0.2, 0.25) is 0 Å². The van der Waals surface area contributed by atoms with Gasteiger partial charge in [0.25, 0.3) is 5.56 Å². The lowest BCUT2D eigenvalue weighted by Gasteiger charge is -2.11. The van der Waals surface area contributed by atoms with Crippen LogP contribution in [0.4, 0.5) is 5.69 Å². The van der Waals surface area contributed by atoms with Gasteiger partial charge in [0.05, 0.1) is 6.61 Å². The molecule has 94 valence electrons. The maximum absolute atomic E-state index is 11.5. The second-order valence-corrected chi connectivity index (χ2v) is 4.72. The Morgan fingerprint density at radius 3 is 2.88 bits per heavy atom. The zero-order valence-electron chi connectivity index (χ0n) is 10.1. The van der Waals surface area contributed by atoms with Gasteiger partial charge in [-0.15, -0.1) is 0 Å². The van der Waals surface area contributed by atoms with Crippen LogP contribution in [0.1, 0.15) is 25.7 Å². The molecule has 1 aromatic heterocycles. The SMILES string of the molecule is Nc1ccc(=O)n(CCOCC2CCCC2)c1. The number of rotatable bonds is 5. The van der Waals surface area contributed by atoms with Crippen molar-refractivity contribution < 1.29 is 4.74 Å². The van der Waals surface area contributed by atoms with Crippen molar-refractivity contribution in [2.24, 2.45) is 5.92 Å². The minimum atomic E-state index is -0.0244. The number of anilines is 1. The van der Waals surface area contributed by atoms with Crippen LogP contribution in [0.25, 0.3) is 0 Å². The maximum Gasteiger partial charge on any atom is 0.250 e. The maximum atomic E-state index is 11.5. The number of ether oxygens (including phenoxy) is 1. The highest BCUT2D eigenvalue weighted by molar-refractivity contribution is 5.33. The summed E-state index contributed by atoms with van der Waals surface area (Å²) < 4.78 is 7.22. The summed E-state index contributed by atoms with van der Waals surface area (Å²) >= 11 is 0. The number of hydrogen-bond acceptors (Lipinski definition) is 3. The molecule has 0 saturated heterocycles. The zero-order chi connectivity index (χ0) is 12.1. The van der Waals surface area contributed by atoms with Gasteiger partial charge in [0.1, 0.15) is 0 Å². The van der Waals surface area contributed by atoms with Crippen molar-refractivity contribution in [2.45, 2.75) is 32.2 Å². The molecule has 1 aliphatic rings. The summed E-state index contributed by atoms with van der Waals surface area (Å²) in [6.07, 6.45) is 6.92. The number of pyridine rings is 1. The van der Waals surface area contributed by atoms with E-state index in [1.807, 2.05) is 0 Å². The fourth-order valence-electron chi connectivity index (χ4n) is 2.31. The lowest BCUT2D eigenvalue weighted by molar-refractivity contribution is 0.0944. The predicted molar refractivity (Wildman–Crippen MR) is 67.9 cm³/mol. The van der Waals surface area contributed by atoms with E-state index < -0.39 is 0 Å². The Hall–Kier alpha value is -1.29. The first kappa shape index (κ1) is 12.2. The van der Waals surface area contributed by atoms with E-state index in [0.717, 1.165) is 12.5 Å². The topological polar surface area (TPSA) is 57.2 Å². The van der Waals surface area contributed by atoms with Gasteiger partial charge in [0, 0.05) is 31.1 Å². The molecule has 2 rings (SSSR count). The first-order valence-corrected chi connectivity index (χ1v) is 6.29. The van der Waals surface area contributed by atoms with Gasteiger partial charge in [0.15, 0.2) is 0 Å². The second kappa shape index (κ2) is 5.87. The molecule has 0 unspecified atom stereocenters. The van der Waals surface area contributed by atoms with E-state index in [4.69, 9.17) is 10.5 Å². The quantitative estimate of drug-likeness (QED) is 0.791. The number of hydrogen-bond donors (Lipinski definition) is 1. The monoisotopic (exact) mass is 236 g/mol. The Bertz CT molecular complexity index is 408. The Kier molecular flexibility index (Phi) is 4.20. The molecule has 4 nitrogen and oxygen atoms in total. The van der Waals surface area contributed by atoms with Crippen LogP contribution in [0.3, 0.4) is 0 Å². The van der Waals surface area contributed by atoms with Crippen molar-refractivity contribution in [2.75, 3.05) is 18.9 Å². The molecule has 0 aliphatic heterocycles. The van der Waals surface area contributed by atoms with Crippen molar-refractivity contribution in [3.05, 3.63) is 28.7 Å². The van der Waals surface area contributed by atoms with Crippen LogP contribution in [-0.4, -0.2) is 17.8 Å². The van der Waals surface area contributed by atoms with Gasteiger partial charge in [-0.1, -0.05) is 12.8 Å². The Labute approximate surface area is 101 Å². The van der Waals surface area contributed by atoms with Crippen molar-refractivity contribution in [3.63, 3.8) is 0 Å². The van der Waals surface area contributed by atoms with E-state index >= 15 is 0 Å². The summed E-state index contributed by atoms with van der Waals surface area (Å²) in [6.45, 7) is 1.99. The van der Waals surface area contributed by atoms with Crippen LogP contribution >= 0.6 is 0 Å². The number of nitrogen functional groups attached to an aromatic ring is 1. The normalized spacial score (nSPS) is 16.5. The van der Waals surface area contributed by atoms with Gasteiger partial charge in [-0.25, -0.2) is 0 Å². The van der Waals surface area contributed by atoms with Crippen molar-refractivity contribution >= 4 is 5.69 Å². The Morgan fingerprint density at radius 2 is 2.12 bits per heavy atom. The summed E-state index contributed by atoms with van der Waals surface area (Å²) in [5.41, 5.74) is 6.22. The molecule has 0 atom stereocenters. The van der Waals surface area contributed by atoms with Gasteiger partial charge in [-0.2, -0.15) is 0 Å². The third-order valence-electron chi connectivity index (χ3n) is 3.31. The number of nitrogens with zero attached hydrogens (tertiary/aromatic N) is 1. The summed E-state index contributed by atoms with van der Waals surface area (Å²) in [5.74, 6) is 0.729. The van der Waals surface area contributed by atoms with Crippen LogP contribution in [-0.2, 0) is 11.3 Å². The van der Waals surface area contributed by atoms with E-state index in [1.165, 1.54) is 31.7 Å². The molecule has 1 saturated carbocycles. The van der Waals surface area contributed by atoms with Crippen molar-refractivity contribution in [1.29, 1.82) is 0 Å². The second-order valence-electron chi connectivity index (χ2n) is 4.72. The molecule has 0 radical (unpaired) electrons. The Morgan fingerprint density at radius 1 is 1.35 bits per heavy atom. The van der Waals surface area contributed by atoms with Crippen molar-refractivity contribution in [1.82, 2.24) is 4.57 Å². The van der Waals surface area contributed by atoms with E-state index in [2.05, 4.69) is 0 Å². The molecule has 2 N–H and O–H groups in total. The first-order valence-electron chi connectivity index (χ1n) is 6.29. The van der Waals surface area contributed by atoms with E-state index in [1.54, 1.807) is 16.8 Å². The average molecular weight is 236 g/mol. The van der Waals surface area contributed by atoms with Crippen LogP contribution < -0.4 is 11.3 Å². The standard InChI is InChI=1S/C13H20N2O2/c14-12-5-6-13(16)15(9-12)7-8-17-10-11-3-1-2-4-11/h5-6,9,11H,1-4,7-8,10,14H2. The first-order chi connectivity index (χ1) is 8.25. The average Bonchev–Trinajstić information content (AvgIpc) is 2.82. The molecular weight excluding hydrogens is 216 g/mol. The molecule has 1 aromatic rings. The minimum Gasteiger partial charge on any atom is -0.398 e. The van der Waals surface area contributed by atoms with Crippen molar-refractivity contribution in [3.8, 4) is 0 Å². The summed E-state index contributed by atoms with van der Waals surface area (Å²) in [7, 11) is 0. The molecule has 1 fully saturated rings. The summed E-state index contributed by atoms with van der Waals surface area (Å²) in [4.78, 5) is 11.5. The van der Waals surface area contributed by atoms with Gasteiger partial charge in [-0.05, 0) is 24.8 Å². The largest absolute Gasteiger partial charge is 0.398 e.